The second-order valence-corrected chi connectivity index (χ2v) is 5.25. The quantitative estimate of drug-likeness (QED) is 0.618. The summed E-state index contributed by atoms with van der Waals surface area (Å²) >= 11 is 24.1. The Bertz CT molecular complexity index is 596. The second-order valence-electron chi connectivity index (χ2n) is 3.59. The van der Waals surface area contributed by atoms with Crippen LogP contribution >= 0.6 is 46.4 Å². The van der Waals surface area contributed by atoms with Gasteiger partial charge in [0.2, 0.25) is 0 Å². The van der Waals surface area contributed by atoms with Crippen molar-refractivity contribution in [2.45, 2.75) is 0 Å². The maximum Gasteiger partial charge on any atom is 0.126 e. The summed E-state index contributed by atoms with van der Waals surface area (Å²) in [4.78, 5) is 0. The molecule has 2 aromatic rings. The lowest BCUT2D eigenvalue weighted by molar-refractivity contribution is 0.416. The van der Waals surface area contributed by atoms with Crippen LogP contribution < -0.4 is 4.74 Å². The van der Waals surface area contributed by atoms with Gasteiger partial charge in [0.25, 0.3) is 0 Å². The Morgan fingerprint density at radius 3 is 2.11 bits per heavy atom. The molecule has 0 bridgehead atoms. The van der Waals surface area contributed by atoms with Crippen LogP contribution in [-0.2, 0) is 0 Å². The van der Waals surface area contributed by atoms with Gasteiger partial charge in [-0.15, -0.1) is 0 Å². The average molecular weight is 322 g/mol. The molecule has 0 spiro atoms. The van der Waals surface area contributed by atoms with E-state index in [-0.39, 0.29) is 0 Å². The Kier molecular flexibility index (Phi) is 4.29. The van der Waals surface area contributed by atoms with Gasteiger partial charge in [-0.3, -0.25) is 0 Å². The Morgan fingerprint density at radius 1 is 0.778 bits per heavy atom. The summed E-state index contributed by atoms with van der Waals surface area (Å²) in [7, 11) is 1.58. The SMILES string of the molecule is COc1ccc(Cl)cc1-c1cc(Cl)c(Cl)cc1Cl. The molecule has 0 aliphatic heterocycles. The second kappa shape index (κ2) is 5.58. The zero-order valence-electron chi connectivity index (χ0n) is 9.31. The van der Waals surface area contributed by atoms with Crippen molar-refractivity contribution in [2.24, 2.45) is 0 Å². The Labute approximate surface area is 125 Å². The van der Waals surface area contributed by atoms with Crippen molar-refractivity contribution in [3.05, 3.63) is 50.4 Å². The Morgan fingerprint density at radius 2 is 1.44 bits per heavy atom. The summed E-state index contributed by atoms with van der Waals surface area (Å²) in [5.41, 5.74) is 1.50. The van der Waals surface area contributed by atoms with Crippen LogP contribution in [0.4, 0.5) is 0 Å². The summed E-state index contributed by atoms with van der Waals surface area (Å²) in [5.74, 6) is 0.666. The van der Waals surface area contributed by atoms with Gasteiger partial charge in [0.15, 0.2) is 0 Å². The molecule has 18 heavy (non-hydrogen) atoms. The van der Waals surface area contributed by atoms with Gasteiger partial charge >= 0.3 is 0 Å². The van der Waals surface area contributed by atoms with E-state index in [9.17, 15) is 0 Å². The first-order chi connectivity index (χ1) is 8.52. The van der Waals surface area contributed by atoms with Crippen LogP contribution in [0.1, 0.15) is 0 Å². The number of rotatable bonds is 2. The standard InChI is InChI=1S/C13H8Cl4O/c1-18-13-3-2-7(14)4-9(13)8-5-11(16)12(17)6-10(8)15/h2-6H,1H3. The molecule has 2 rings (SSSR count). The van der Waals surface area contributed by atoms with Gasteiger partial charge in [-0.2, -0.15) is 0 Å². The molecule has 0 aliphatic carbocycles. The topological polar surface area (TPSA) is 9.23 Å². The zero-order chi connectivity index (χ0) is 13.3. The van der Waals surface area contributed by atoms with Crippen LogP contribution in [0.15, 0.2) is 30.3 Å². The fourth-order valence-electron chi connectivity index (χ4n) is 1.62. The number of halogens is 4. The molecule has 0 saturated carbocycles. The lowest BCUT2D eigenvalue weighted by Gasteiger charge is -2.11. The van der Waals surface area contributed by atoms with E-state index in [4.69, 9.17) is 51.1 Å². The largest absolute Gasteiger partial charge is 0.496 e. The predicted octanol–water partition coefficient (Wildman–Crippen LogP) is 5.98. The Hall–Kier alpha value is -0.600. The number of hydrogen-bond acceptors (Lipinski definition) is 1. The summed E-state index contributed by atoms with van der Waals surface area (Å²) in [6.45, 7) is 0. The van der Waals surface area contributed by atoms with Crippen LogP contribution in [-0.4, -0.2) is 7.11 Å². The number of hydrogen-bond donors (Lipinski definition) is 0. The van der Waals surface area contributed by atoms with Gasteiger partial charge in [0, 0.05) is 16.1 Å². The highest BCUT2D eigenvalue weighted by Gasteiger charge is 2.12. The van der Waals surface area contributed by atoms with Gasteiger partial charge < -0.3 is 4.74 Å². The molecule has 5 heteroatoms. The fraction of sp³-hybridized carbons (Fsp3) is 0.0769. The van der Waals surface area contributed by atoms with Crippen molar-refractivity contribution in [2.75, 3.05) is 7.11 Å². The van der Waals surface area contributed by atoms with Crippen molar-refractivity contribution in [3.63, 3.8) is 0 Å². The first kappa shape index (κ1) is 13.8. The minimum atomic E-state index is 0.409. The zero-order valence-corrected chi connectivity index (χ0v) is 12.3. The van der Waals surface area contributed by atoms with Gasteiger partial charge in [-0.1, -0.05) is 46.4 Å². The molecule has 94 valence electrons. The summed E-state index contributed by atoms with van der Waals surface area (Å²) in [5, 5.41) is 1.92. The molecule has 0 saturated heterocycles. The third kappa shape index (κ3) is 2.70. The first-order valence-electron chi connectivity index (χ1n) is 5.01. The van der Waals surface area contributed by atoms with Gasteiger partial charge in [-0.05, 0) is 30.3 Å². The first-order valence-corrected chi connectivity index (χ1v) is 6.52. The number of methoxy groups -OCH3 is 1. The van der Waals surface area contributed by atoms with E-state index in [1.807, 2.05) is 0 Å². The van der Waals surface area contributed by atoms with Crippen molar-refractivity contribution in [1.29, 1.82) is 0 Å². The van der Waals surface area contributed by atoms with Crippen LogP contribution in [0.2, 0.25) is 20.1 Å². The van der Waals surface area contributed by atoms with Gasteiger partial charge in [-0.25, -0.2) is 0 Å². The van der Waals surface area contributed by atoms with Gasteiger partial charge in [0.1, 0.15) is 5.75 Å². The molecule has 0 atom stereocenters. The van der Waals surface area contributed by atoms with E-state index in [1.54, 1.807) is 37.4 Å². The van der Waals surface area contributed by atoms with E-state index in [1.165, 1.54) is 0 Å². The number of benzene rings is 2. The van der Waals surface area contributed by atoms with Crippen molar-refractivity contribution in [3.8, 4) is 16.9 Å². The third-order valence-corrected chi connectivity index (χ3v) is 3.73. The van der Waals surface area contributed by atoms with E-state index >= 15 is 0 Å². The molecule has 0 radical (unpaired) electrons. The van der Waals surface area contributed by atoms with E-state index in [0.717, 1.165) is 11.1 Å². The lowest BCUT2D eigenvalue weighted by Crippen LogP contribution is -1.89. The average Bonchev–Trinajstić information content (AvgIpc) is 2.34. The smallest absolute Gasteiger partial charge is 0.126 e. The maximum atomic E-state index is 6.18. The normalized spacial score (nSPS) is 10.5. The Balaban J connectivity index is 2.68. The lowest BCUT2D eigenvalue weighted by atomic mass is 10.0. The highest BCUT2D eigenvalue weighted by Crippen LogP contribution is 2.40. The van der Waals surface area contributed by atoms with Crippen LogP contribution in [0.25, 0.3) is 11.1 Å². The summed E-state index contributed by atoms with van der Waals surface area (Å²) < 4.78 is 5.29. The number of ether oxygens (including phenoxy) is 1. The molecule has 1 nitrogen and oxygen atoms in total. The molecule has 0 fully saturated rings. The van der Waals surface area contributed by atoms with Crippen molar-refractivity contribution >= 4 is 46.4 Å². The molecule has 0 amide bonds. The minimum absolute atomic E-state index is 0.409. The predicted molar refractivity (Wildman–Crippen MR) is 78.5 cm³/mol. The summed E-state index contributed by atoms with van der Waals surface area (Å²) in [6, 6.07) is 8.58. The monoisotopic (exact) mass is 320 g/mol. The minimum Gasteiger partial charge on any atom is -0.496 e. The van der Waals surface area contributed by atoms with Crippen molar-refractivity contribution < 1.29 is 4.74 Å². The fourth-order valence-corrected chi connectivity index (χ4v) is 2.44. The van der Waals surface area contributed by atoms with Crippen LogP contribution in [0, 0.1) is 0 Å². The highest BCUT2D eigenvalue weighted by molar-refractivity contribution is 6.44. The highest BCUT2D eigenvalue weighted by atomic mass is 35.5. The summed E-state index contributed by atoms with van der Waals surface area (Å²) in [6.07, 6.45) is 0. The van der Waals surface area contributed by atoms with Crippen LogP contribution in [0.3, 0.4) is 0 Å². The van der Waals surface area contributed by atoms with E-state index < -0.39 is 0 Å². The molecule has 0 aromatic heterocycles. The molecule has 0 unspecified atom stereocenters. The molecular weight excluding hydrogens is 314 g/mol. The van der Waals surface area contributed by atoms with Crippen molar-refractivity contribution in [1.82, 2.24) is 0 Å². The molecular formula is C13H8Cl4O. The molecule has 0 aliphatic rings. The third-order valence-electron chi connectivity index (χ3n) is 2.46. The molecule has 2 aromatic carbocycles. The maximum absolute atomic E-state index is 6.18. The molecule has 0 N–H and O–H groups in total. The van der Waals surface area contributed by atoms with Crippen LogP contribution in [0.5, 0.6) is 5.75 Å². The molecule has 0 heterocycles. The van der Waals surface area contributed by atoms with E-state index in [0.29, 0.717) is 25.8 Å². The van der Waals surface area contributed by atoms with Gasteiger partial charge in [0.05, 0.1) is 22.2 Å². The van der Waals surface area contributed by atoms with E-state index in [2.05, 4.69) is 0 Å².